The maximum atomic E-state index is 12.5. The molecule has 1 amide bonds. The van der Waals surface area contributed by atoms with Crippen LogP contribution in [0.25, 0.3) is 10.9 Å². The monoisotopic (exact) mass is 307 g/mol. The third-order valence-electron chi connectivity index (χ3n) is 3.21. The number of ether oxygens (including phenoxy) is 3. The molecule has 0 saturated heterocycles. The zero-order valence-corrected chi connectivity index (χ0v) is 12.8. The summed E-state index contributed by atoms with van der Waals surface area (Å²) in [6.45, 7) is -0.116. The summed E-state index contributed by atoms with van der Waals surface area (Å²) in [5.74, 6) is 0.716. The number of fused-ring (bicyclic) bond motifs is 1. The number of benzene rings is 1. The predicted molar refractivity (Wildman–Crippen MR) is 79.7 cm³/mol. The SMILES string of the molecule is CNC(=O)Cn1cnc2c(OC)c(OC)c(OC)cc2c1=O. The fourth-order valence-electron chi connectivity index (χ4n) is 2.11. The second-order valence-electron chi connectivity index (χ2n) is 4.39. The standard InChI is InChI=1S/C14H17N3O5/c1-15-10(18)6-17-7-16-11-8(14(17)19)5-9(20-2)12(21-3)13(11)22-4/h5,7H,6H2,1-4H3,(H,15,18). The Labute approximate surface area is 126 Å². The fourth-order valence-corrected chi connectivity index (χ4v) is 2.11. The average Bonchev–Trinajstić information content (AvgIpc) is 2.55. The van der Waals surface area contributed by atoms with Gasteiger partial charge in [0.25, 0.3) is 5.56 Å². The highest BCUT2D eigenvalue weighted by Gasteiger charge is 2.19. The highest BCUT2D eigenvalue weighted by molar-refractivity contribution is 5.89. The molecular formula is C14H17N3O5. The minimum atomic E-state index is -0.368. The first-order chi connectivity index (χ1) is 10.6. The number of methoxy groups -OCH3 is 3. The topological polar surface area (TPSA) is 91.7 Å². The summed E-state index contributed by atoms with van der Waals surface area (Å²) in [5, 5.41) is 2.73. The van der Waals surface area contributed by atoms with E-state index in [9.17, 15) is 9.59 Å². The Hall–Kier alpha value is -2.77. The normalized spacial score (nSPS) is 10.4. The van der Waals surface area contributed by atoms with Gasteiger partial charge in [0.05, 0.1) is 33.0 Å². The molecule has 0 aliphatic heterocycles. The van der Waals surface area contributed by atoms with Crippen LogP contribution in [-0.2, 0) is 11.3 Å². The van der Waals surface area contributed by atoms with Crippen LogP contribution in [0.2, 0.25) is 0 Å². The molecule has 0 bridgehead atoms. The van der Waals surface area contributed by atoms with Gasteiger partial charge in [-0.25, -0.2) is 4.98 Å². The summed E-state index contributed by atoms with van der Waals surface area (Å²) < 4.78 is 17.0. The molecule has 1 heterocycles. The molecule has 1 aromatic carbocycles. The van der Waals surface area contributed by atoms with Gasteiger partial charge in [0.15, 0.2) is 11.5 Å². The molecule has 0 unspecified atom stereocenters. The van der Waals surface area contributed by atoms with Gasteiger partial charge in [-0.1, -0.05) is 0 Å². The lowest BCUT2D eigenvalue weighted by molar-refractivity contribution is -0.121. The number of aromatic nitrogens is 2. The second-order valence-corrected chi connectivity index (χ2v) is 4.39. The highest BCUT2D eigenvalue weighted by Crippen LogP contribution is 2.41. The van der Waals surface area contributed by atoms with Crippen molar-refractivity contribution in [3.63, 3.8) is 0 Å². The minimum absolute atomic E-state index is 0.116. The first kappa shape index (κ1) is 15.6. The van der Waals surface area contributed by atoms with E-state index in [4.69, 9.17) is 14.2 Å². The fraction of sp³-hybridized carbons (Fsp3) is 0.357. The Bertz CT molecular complexity index is 769. The summed E-state index contributed by atoms with van der Waals surface area (Å²) in [4.78, 5) is 28.2. The third-order valence-corrected chi connectivity index (χ3v) is 3.21. The van der Waals surface area contributed by atoms with Gasteiger partial charge in [-0.05, 0) is 6.07 Å². The molecule has 0 saturated carbocycles. The Morgan fingerprint density at radius 2 is 1.91 bits per heavy atom. The van der Waals surface area contributed by atoms with E-state index in [0.29, 0.717) is 22.8 Å². The summed E-state index contributed by atoms with van der Waals surface area (Å²) in [7, 11) is 5.88. The molecule has 118 valence electrons. The lowest BCUT2D eigenvalue weighted by Gasteiger charge is -2.14. The van der Waals surface area contributed by atoms with Gasteiger partial charge in [0.1, 0.15) is 12.1 Å². The molecule has 0 fully saturated rings. The van der Waals surface area contributed by atoms with Gasteiger partial charge >= 0.3 is 0 Å². The first-order valence-corrected chi connectivity index (χ1v) is 6.46. The molecule has 2 rings (SSSR count). The van der Waals surface area contributed by atoms with E-state index in [0.717, 1.165) is 0 Å². The molecule has 0 radical (unpaired) electrons. The van der Waals surface area contributed by atoms with E-state index in [1.807, 2.05) is 0 Å². The summed E-state index contributed by atoms with van der Waals surface area (Å²) in [6.07, 6.45) is 1.30. The Morgan fingerprint density at radius 3 is 2.45 bits per heavy atom. The molecule has 22 heavy (non-hydrogen) atoms. The number of amides is 1. The van der Waals surface area contributed by atoms with Crippen LogP contribution in [0, 0.1) is 0 Å². The van der Waals surface area contributed by atoms with Gasteiger partial charge in [0.2, 0.25) is 11.7 Å². The molecular weight excluding hydrogens is 290 g/mol. The second kappa shape index (κ2) is 6.33. The van der Waals surface area contributed by atoms with Crippen molar-refractivity contribution in [1.29, 1.82) is 0 Å². The van der Waals surface area contributed by atoms with Crippen LogP contribution in [0.3, 0.4) is 0 Å². The number of hydrogen-bond donors (Lipinski definition) is 1. The van der Waals surface area contributed by atoms with E-state index >= 15 is 0 Å². The molecule has 0 aliphatic carbocycles. The number of nitrogens with one attached hydrogen (secondary N) is 1. The smallest absolute Gasteiger partial charge is 0.261 e. The predicted octanol–water partition coefficient (Wildman–Crippen LogP) is 0.168. The average molecular weight is 307 g/mol. The van der Waals surface area contributed by atoms with Crippen molar-refractivity contribution in [2.75, 3.05) is 28.4 Å². The lowest BCUT2D eigenvalue weighted by Crippen LogP contribution is -2.30. The van der Waals surface area contributed by atoms with Crippen LogP contribution in [-0.4, -0.2) is 43.8 Å². The van der Waals surface area contributed by atoms with Crippen molar-refractivity contribution in [3.05, 3.63) is 22.7 Å². The first-order valence-electron chi connectivity index (χ1n) is 6.46. The molecule has 2 aromatic rings. The lowest BCUT2D eigenvalue weighted by atomic mass is 10.2. The van der Waals surface area contributed by atoms with Crippen LogP contribution in [0.1, 0.15) is 0 Å². The quantitative estimate of drug-likeness (QED) is 0.846. The van der Waals surface area contributed by atoms with Crippen LogP contribution in [0.5, 0.6) is 17.2 Å². The number of rotatable bonds is 5. The van der Waals surface area contributed by atoms with Gasteiger partial charge in [-0.3, -0.25) is 14.2 Å². The van der Waals surface area contributed by atoms with E-state index in [-0.39, 0.29) is 23.4 Å². The zero-order chi connectivity index (χ0) is 16.3. The number of hydrogen-bond acceptors (Lipinski definition) is 6. The van der Waals surface area contributed by atoms with Crippen molar-refractivity contribution < 1.29 is 19.0 Å². The maximum absolute atomic E-state index is 12.5. The molecule has 1 N–H and O–H groups in total. The molecule has 8 nitrogen and oxygen atoms in total. The number of carbonyl (C=O) groups excluding carboxylic acids is 1. The molecule has 8 heteroatoms. The minimum Gasteiger partial charge on any atom is -0.493 e. The Balaban J connectivity index is 2.74. The van der Waals surface area contributed by atoms with Crippen molar-refractivity contribution in [3.8, 4) is 17.2 Å². The maximum Gasteiger partial charge on any atom is 0.261 e. The van der Waals surface area contributed by atoms with Crippen molar-refractivity contribution >= 4 is 16.8 Å². The van der Waals surface area contributed by atoms with Crippen molar-refractivity contribution in [2.45, 2.75) is 6.54 Å². The molecule has 0 aliphatic rings. The van der Waals surface area contributed by atoms with E-state index in [1.54, 1.807) is 0 Å². The summed E-state index contributed by atoms with van der Waals surface area (Å²) >= 11 is 0. The van der Waals surface area contributed by atoms with Gasteiger partial charge in [-0.2, -0.15) is 0 Å². The summed E-state index contributed by atoms with van der Waals surface area (Å²) in [5.41, 5.74) is -0.0221. The van der Waals surface area contributed by atoms with Gasteiger partial charge in [-0.15, -0.1) is 0 Å². The number of carbonyl (C=O) groups is 1. The van der Waals surface area contributed by atoms with Crippen LogP contribution >= 0.6 is 0 Å². The highest BCUT2D eigenvalue weighted by atomic mass is 16.5. The van der Waals surface area contributed by atoms with Crippen LogP contribution in [0.15, 0.2) is 17.2 Å². The zero-order valence-electron chi connectivity index (χ0n) is 12.8. The number of likely N-dealkylation sites (N-methyl/N-ethyl adjacent to an activating group) is 1. The van der Waals surface area contributed by atoms with Gasteiger partial charge < -0.3 is 19.5 Å². The summed E-state index contributed by atoms with van der Waals surface area (Å²) in [6, 6.07) is 1.52. The van der Waals surface area contributed by atoms with Crippen molar-refractivity contribution in [2.24, 2.45) is 0 Å². The molecule has 1 aromatic heterocycles. The van der Waals surface area contributed by atoms with E-state index in [2.05, 4.69) is 10.3 Å². The van der Waals surface area contributed by atoms with E-state index in [1.165, 1.54) is 45.3 Å². The van der Waals surface area contributed by atoms with Crippen LogP contribution < -0.4 is 25.1 Å². The van der Waals surface area contributed by atoms with Gasteiger partial charge in [0, 0.05) is 7.05 Å². The van der Waals surface area contributed by atoms with E-state index < -0.39 is 0 Å². The molecule has 0 spiro atoms. The third kappa shape index (κ3) is 2.54. The number of nitrogens with zero attached hydrogens (tertiary/aromatic N) is 2. The largest absolute Gasteiger partial charge is 0.493 e. The molecule has 0 atom stereocenters. The van der Waals surface area contributed by atoms with Crippen LogP contribution in [0.4, 0.5) is 0 Å². The Kier molecular flexibility index (Phi) is 4.50. The van der Waals surface area contributed by atoms with Crippen molar-refractivity contribution in [1.82, 2.24) is 14.9 Å². The Morgan fingerprint density at radius 1 is 1.23 bits per heavy atom.